The summed E-state index contributed by atoms with van der Waals surface area (Å²) in [4.78, 5) is 20.2. The SMILES string of the molecule is CCc1c(C(=O)Nc2nc3ccccc3[nH]2)cnn1Cc1ccccc1. The fraction of sp³-hybridized carbons (Fsp3) is 0.150. The molecule has 26 heavy (non-hydrogen) atoms. The van der Waals surface area contributed by atoms with Crippen molar-refractivity contribution in [3.05, 3.63) is 77.6 Å². The smallest absolute Gasteiger partial charge is 0.261 e. The van der Waals surface area contributed by atoms with Gasteiger partial charge in [0.25, 0.3) is 5.91 Å². The Kier molecular flexibility index (Phi) is 4.23. The lowest BCUT2D eigenvalue weighted by atomic mass is 10.2. The first kappa shape index (κ1) is 16.1. The van der Waals surface area contributed by atoms with Gasteiger partial charge in [-0.1, -0.05) is 49.4 Å². The molecule has 2 N–H and O–H groups in total. The molecule has 0 bridgehead atoms. The van der Waals surface area contributed by atoms with Crippen LogP contribution in [0.2, 0.25) is 0 Å². The summed E-state index contributed by atoms with van der Waals surface area (Å²) in [6.45, 7) is 2.67. The number of para-hydroxylation sites is 2. The maximum Gasteiger partial charge on any atom is 0.261 e. The zero-order valence-corrected chi connectivity index (χ0v) is 14.4. The molecule has 0 saturated heterocycles. The Balaban J connectivity index is 1.57. The Hall–Kier alpha value is -3.41. The first-order valence-electron chi connectivity index (χ1n) is 8.59. The van der Waals surface area contributed by atoms with E-state index in [1.165, 1.54) is 0 Å². The molecule has 0 saturated carbocycles. The molecule has 6 heteroatoms. The van der Waals surface area contributed by atoms with Crippen LogP contribution in [0.15, 0.2) is 60.8 Å². The molecule has 4 rings (SSSR count). The zero-order chi connectivity index (χ0) is 17.9. The maximum atomic E-state index is 12.7. The molecule has 130 valence electrons. The fourth-order valence-corrected chi connectivity index (χ4v) is 3.05. The predicted molar refractivity (Wildman–Crippen MR) is 101 cm³/mol. The number of benzene rings is 2. The Bertz CT molecular complexity index is 1020. The molecule has 4 aromatic rings. The van der Waals surface area contributed by atoms with E-state index in [2.05, 4.69) is 32.5 Å². The largest absolute Gasteiger partial charge is 0.324 e. The quantitative estimate of drug-likeness (QED) is 0.580. The Morgan fingerprint density at radius 3 is 2.65 bits per heavy atom. The van der Waals surface area contributed by atoms with Crippen LogP contribution in [-0.2, 0) is 13.0 Å². The molecule has 0 aliphatic heterocycles. The van der Waals surface area contributed by atoms with E-state index >= 15 is 0 Å². The van der Waals surface area contributed by atoms with Crippen molar-refractivity contribution in [2.75, 3.05) is 5.32 Å². The Labute approximate surface area is 150 Å². The third-order valence-electron chi connectivity index (χ3n) is 4.32. The molecule has 6 nitrogen and oxygen atoms in total. The van der Waals surface area contributed by atoms with Gasteiger partial charge in [0, 0.05) is 0 Å². The van der Waals surface area contributed by atoms with Gasteiger partial charge in [0.2, 0.25) is 5.95 Å². The van der Waals surface area contributed by atoms with Gasteiger partial charge in [0.15, 0.2) is 0 Å². The van der Waals surface area contributed by atoms with Crippen molar-refractivity contribution < 1.29 is 4.79 Å². The van der Waals surface area contributed by atoms with Crippen LogP contribution in [0.25, 0.3) is 11.0 Å². The number of aromatic amines is 1. The van der Waals surface area contributed by atoms with Crippen LogP contribution >= 0.6 is 0 Å². The topological polar surface area (TPSA) is 75.6 Å². The van der Waals surface area contributed by atoms with Gasteiger partial charge in [-0.05, 0) is 24.1 Å². The summed E-state index contributed by atoms with van der Waals surface area (Å²) < 4.78 is 1.88. The summed E-state index contributed by atoms with van der Waals surface area (Å²) in [5, 5.41) is 7.25. The van der Waals surface area contributed by atoms with Crippen molar-refractivity contribution in [2.45, 2.75) is 19.9 Å². The number of hydrogen-bond donors (Lipinski definition) is 2. The standard InChI is InChI=1S/C20H19N5O/c1-2-18-15(12-21-25(18)13-14-8-4-3-5-9-14)19(26)24-20-22-16-10-6-7-11-17(16)23-20/h3-12H,2,13H2,1H3,(H2,22,23,24,26). The van der Waals surface area contributed by atoms with Crippen LogP contribution in [0.3, 0.4) is 0 Å². The van der Waals surface area contributed by atoms with E-state index in [0.29, 0.717) is 18.1 Å². The minimum absolute atomic E-state index is 0.208. The van der Waals surface area contributed by atoms with Gasteiger partial charge in [-0.25, -0.2) is 4.98 Å². The highest BCUT2D eigenvalue weighted by molar-refractivity contribution is 6.04. The molecular formula is C20H19N5O. The molecule has 0 aliphatic rings. The van der Waals surface area contributed by atoms with Gasteiger partial charge < -0.3 is 4.98 Å². The number of amides is 1. The predicted octanol–water partition coefficient (Wildman–Crippen LogP) is 3.62. The van der Waals surface area contributed by atoms with E-state index in [4.69, 9.17) is 0 Å². The summed E-state index contributed by atoms with van der Waals surface area (Å²) in [5.41, 5.74) is 4.33. The molecule has 2 heterocycles. The first-order chi connectivity index (χ1) is 12.7. The molecular weight excluding hydrogens is 326 g/mol. The molecule has 2 aromatic carbocycles. The number of anilines is 1. The normalized spacial score (nSPS) is 11.0. The highest BCUT2D eigenvalue weighted by Crippen LogP contribution is 2.16. The van der Waals surface area contributed by atoms with Gasteiger partial charge in [-0.3, -0.25) is 14.8 Å². The molecule has 2 aromatic heterocycles. The maximum absolute atomic E-state index is 12.7. The highest BCUT2D eigenvalue weighted by Gasteiger charge is 2.17. The fourth-order valence-electron chi connectivity index (χ4n) is 3.05. The van der Waals surface area contributed by atoms with Crippen molar-refractivity contribution in [1.29, 1.82) is 0 Å². The van der Waals surface area contributed by atoms with Crippen LogP contribution in [0.1, 0.15) is 28.5 Å². The van der Waals surface area contributed by atoms with E-state index in [1.807, 2.05) is 54.1 Å². The highest BCUT2D eigenvalue weighted by atomic mass is 16.1. The van der Waals surface area contributed by atoms with Crippen LogP contribution in [0.5, 0.6) is 0 Å². The monoisotopic (exact) mass is 345 g/mol. The molecule has 0 radical (unpaired) electrons. The summed E-state index contributed by atoms with van der Waals surface area (Å²) in [5.74, 6) is 0.231. The lowest BCUT2D eigenvalue weighted by molar-refractivity contribution is 0.102. The van der Waals surface area contributed by atoms with E-state index in [1.54, 1.807) is 6.20 Å². The summed E-state index contributed by atoms with van der Waals surface area (Å²) in [7, 11) is 0. The molecule has 0 fully saturated rings. The number of fused-ring (bicyclic) bond motifs is 1. The van der Waals surface area contributed by atoms with Crippen LogP contribution in [0.4, 0.5) is 5.95 Å². The van der Waals surface area contributed by atoms with Crippen molar-refractivity contribution in [3.8, 4) is 0 Å². The average molecular weight is 345 g/mol. The van der Waals surface area contributed by atoms with Crippen molar-refractivity contribution >= 4 is 22.9 Å². The number of aromatic nitrogens is 4. The molecule has 0 aliphatic carbocycles. The number of nitrogens with zero attached hydrogens (tertiary/aromatic N) is 3. The van der Waals surface area contributed by atoms with Crippen LogP contribution in [-0.4, -0.2) is 25.7 Å². The third-order valence-corrected chi connectivity index (χ3v) is 4.32. The Morgan fingerprint density at radius 1 is 1.12 bits per heavy atom. The van der Waals surface area contributed by atoms with E-state index < -0.39 is 0 Å². The second kappa shape index (κ2) is 6.84. The second-order valence-corrected chi connectivity index (χ2v) is 6.06. The van der Waals surface area contributed by atoms with Gasteiger partial charge in [-0.15, -0.1) is 0 Å². The zero-order valence-electron chi connectivity index (χ0n) is 14.4. The minimum atomic E-state index is -0.208. The lowest BCUT2D eigenvalue weighted by Gasteiger charge is -2.08. The number of H-pyrrole nitrogens is 1. The van der Waals surface area contributed by atoms with Crippen LogP contribution in [0, 0.1) is 0 Å². The first-order valence-corrected chi connectivity index (χ1v) is 8.59. The van der Waals surface area contributed by atoms with E-state index in [9.17, 15) is 4.79 Å². The van der Waals surface area contributed by atoms with Crippen molar-refractivity contribution in [3.63, 3.8) is 0 Å². The van der Waals surface area contributed by atoms with Crippen molar-refractivity contribution in [2.24, 2.45) is 0 Å². The molecule has 0 unspecified atom stereocenters. The molecule has 1 amide bonds. The molecule has 0 spiro atoms. The molecule has 0 atom stereocenters. The summed E-state index contributed by atoms with van der Waals surface area (Å²) in [6.07, 6.45) is 2.34. The number of hydrogen-bond acceptors (Lipinski definition) is 3. The van der Waals surface area contributed by atoms with E-state index in [-0.39, 0.29) is 5.91 Å². The number of rotatable bonds is 5. The van der Waals surface area contributed by atoms with Gasteiger partial charge in [0.05, 0.1) is 35.0 Å². The van der Waals surface area contributed by atoms with Crippen LogP contribution < -0.4 is 5.32 Å². The third kappa shape index (κ3) is 3.09. The van der Waals surface area contributed by atoms with Crippen molar-refractivity contribution in [1.82, 2.24) is 19.7 Å². The number of carbonyl (C=O) groups excluding carboxylic acids is 1. The number of imidazole rings is 1. The number of carbonyl (C=O) groups is 1. The Morgan fingerprint density at radius 2 is 1.88 bits per heavy atom. The summed E-state index contributed by atoms with van der Waals surface area (Å²) >= 11 is 0. The lowest BCUT2D eigenvalue weighted by Crippen LogP contribution is -2.15. The van der Waals surface area contributed by atoms with E-state index in [0.717, 1.165) is 28.7 Å². The average Bonchev–Trinajstić information content (AvgIpc) is 3.25. The van der Waals surface area contributed by atoms with Gasteiger partial charge in [-0.2, -0.15) is 5.10 Å². The van der Waals surface area contributed by atoms with Gasteiger partial charge >= 0.3 is 0 Å². The summed E-state index contributed by atoms with van der Waals surface area (Å²) in [6, 6.07) is 17.8. The second-order valence-electron chi connectivity index (χ2n) is 6.06. The number of nitrogens with one attached hydrogen (secondary N) is 2. The minimum Gasteiger partial charge on any atom is -0.324 e. The van der Waals surface area contributed by atoms with Gasteiger partial charge in [0.1, 0.15) is 0 Å².